The van der Waals surface area contributed by atoms with Gasteiger partial charge in [-0.3, -0.25) is 4.79 Å². The highest BCUT2D eigenvalue weighted by Crippen LogP contribution is 2.43. The summed E-state index contributed by atoms with van der Waals surface area (Å²) in [7, 11) is 0. The highest BCUT2D eigenvalue weighted by atomic mass is 35.5. The third-order valence-electron chi connectivity index (χ3n) is 7.43. The van der Waals surface area contributed by atoms with Crippen molar-refractivity contribution in [2.24, 2.45) is 5.41 Å². The molecule has 39 heavy (non-hydrogen) atoms. The van der Waals surface area contributed by atoms with Crippen molar-refractivity contribution in [2.45, 2.75) is 37.6 Å². The van der Waals surface area contributed by atoms with Gasteiger partial charge in [0.2, 0.25) is 17.9 Å². The molecule has 4 N–H and O–H groups in total. The van der Waals surface area contributed by atoms with Gasteiger partial charge >= 0.3 is 12.1 Å². The summed E-state index contributed by atoms with van der Waals surface area (Å²) in [4.78, 5) is 21.5. The average molecular weight is 562 g/mol. The largest absolute Gasteiger partial charge is 0.480 e. The molecule has 5 rings (SSSR count). The molecule has 0 saturated carbocycles. The lowest BCUT2D eigenvalue weighted by molar-refractivity contribution is -0.198. The van der Waals surface area contributed by atoms with Crippen LogP contribution in [0.2, 0.25) is 5.02 Å². The van der Waals surface area contributed by atoms with Gasteiger partial charge < -0.3 is 25.8 Å². The first-order valence-electron chi connectivity index (χ1n) is 12.5. The van der Waals surface area contributed by atoms with Crippen LogP contribution in [0, 0.1) is 5.41 Å². The lowest BCUT2D eigenvalue weighted by Crippen LogP contribution is -2.41. The number of carbonyl (C=O) groups is 1. The van der Waals surface area contributed by atoms with Gasteiger partial charge in [-0.1, -0.05) is 48.0 Å². The maximum Gasteiger partial charge on any atom is 0.429 e. The molecular weight excluding hydrogens is 535 g/mol. The number of nitrogen functional groups attached to an aromatic ring is 1. The first-order chi connectivity index (χ1) is 18.5. The van der Waals surface area contributed by atoms with E-state index in [0.29, 0.717) is 60.9 Å². The summed E-state index contributed by atoms with van der Waals surface area (Å²) in [6, 6.07) is 13.6. The molecule has 206 valence electrons. The zero-order valence-electron chi connectivity index (χ0n) is 20.8. The maximum absolute atomic E-state index is 14.4. The van der Waals surface area contributed by atoms with Gasteiger partial charge in [0.25, 0.3) is 0 Å². The van der Waals surface area contributed by atoms with E-state index in [1.54, 1.807) is 30.3 Å². The Hall–Kier alpha value is -3.57. The molecule has 2 atom stereocenters. The molecular formula is C27H27ClF3N5O3. The Morgan fingerprint density at radius 2 is 1.87 bits per heavy atom. The van der Waals surface area contributed by atoms with Crippen molar-refractivity contribution in [2.75, 3.05) is 30.3 Å². The second-order valence-corrected chi connectivity index (χ2v) is 10.5. The molecule has 1 aromatic heterocycles. The van der Waals surface area contributed by atoms with Gasteiger partial charge in [-0.05, 0) is 47.9 Å². The molecule has 1 unspecified atom stereocenters. The summed E-state index contributed by atoms with van der Waals surface area (Å²) in [5.41, 5.74) is 6.49. The summed E-state index contributed by atoms with van der Waals surface area (Å²) < 4.78 is 48.7. The second kappa shape index (κ2) is 10.5. The Morgan fingerprint density at radius 1 is 1.15 bits per heavy atom. The van der Waals surface area contributed by atoms with Crippen LogP contribution in [0.4, 0.5) is 24.9 Å². The summed E-state index contributed by atoms with van der Waals surface area (Å²) in [6.07, 6.45) is -5.16. The molecule has 0 radical (unpaired) electrons. The van der Waals surface area contributed by atoms with E-state index in [2.05, 4.69) is 15.3 Å². The van der Waals surface area contributed by atoms with E-state index >= 15 is 0 Å². The SMILES string of the molecule is Nc1nc(O[C@@H](c2ccc(Cl)cc2-c2ccccc2)C(F)(F)F)cc(N2CCC3(CC2)CNC(C(=O)O)C3)n1. The summed E-state index contributed by atoms with van der Waals surface area (Å²) in [5.74, 6) is -1.03. The van der Waals surface area contributed by atoms with E-state index < -0.39 is 24.3 Å². The molecule has 3 heterocycles. The van der Waals surface area contributed by atoms with Crippen molar-refractivity contribution in [3.8, 4) is 17.0 Å². The number of halogens is 4. The Labute approximate surface area is 228 Å². The minimum absolute atomic E-state index is 0.113. The number of piperidine rings is 1. The lowest BCUT2D eigenvalue weighted by atomic mass is 9.76. The van der Waals surface area contributed by atoms with Crippen LogP contribution in [0.25, 0.3) is 11.1 Å². The predicted molar refractivity (Wildman–Crippen MR) is 141 cm³/mol. The highest BCUT2D eigenvalue weighted by molar-refractivity contribution is 6.30. The lowest BCUT2D eigenvalue weighted by Gasteiger charge is -2.39. The molecule has 2 aliphatic heterocycles. The number of aliphatic carboxylic acids is 1. The number of rotatable bonds is 6. The smallest absolute Gasteiger partial charge is 0.429 e. The molecule has 2 aliphatic rings. The van der Waals surface area contributed by atoms with E-state index in [1.165, 1.54) is 24.3 Å². The van der Waals surface area contributed by atoms with Crippen LogP contribution < -0.4 is 20.7 Å². The van der Waals surface area contributed by atoms with Crippen LogP contribution >= 0.6 is 11.6 Å². The van der Waals surface area contributed by atoms with Crippen molar-refractivity contribution in [1.82, 2.24) is 15.3 Å². The molecule has 12 heteroatoms. The van der Waals surface area contributed by atoms with E-state index in [-0.39, 0.29) is 22.8 Å². The fraction of sp³-hybridized carbons (Fsp3) is 0.370. The van der Waals surface area contributed by atoms with Gasteiger partial charge in [-0.15, -0.1) is 0 Å². The fourth-order valence-corrected chi connectivity index (χ4v) is 5.56. The zero-order valence-corrected chi connectivity index (χ0v) is 21.5. The number of carboxylic acids is 1. The molecule has 2 saturated heterocycles. The second-order valence-electron chi connectivity index (χ2n) is 10.0. The Bertz CT molecular complexity index is 1350. The predicted octanol–water partition coefficient (Wildman–Crippen LogP) is 5.09. The molecule has 2 fully saturated rings. The number of nitrogens with zero attached hydrogens (tertiary/aromatic N) is 3. The van der Waals surface area contributed by atoms with Gasteiger partial charge in [0.15, 0.2) is 0 Å². The van der Waals surface area contributed by atoms with Gasteiger partial charge in [-0.2, -0.15) is 23.1 Å². The summed E-state index contributed by atoms with van der Waals surface area (Å²) in [5, 5.41) is 12.7. The molecule has 2 aromatic carbocycles. The van der Waals surface area contributed by atoms with Crippen LogP contribution in [0.3, 0.4) is 0 Å². The number of ether oxygens (including phenoxy) is 1. The number of benzene rings is 2. The number of nitrogens with two attached hydrogens (primary N) is 1. The average Bonchev–Trinajstić information content (AvgIpc) is 3.31. The standard InChI is InChI=1S/C27H27ClF3N5O3/c28-17-6-7-18(19(12-17)16-4-2-1-3-5-16)23(27(29,30)31)39-22-13-21(34-25(32)35-22)36-10-8-26(9-11-36)14-20(24(37)38)33-15-26/h1-7,12-13,20,23,33H,8-11,14-15H2,(H,37,38)(H2,32,34,35)/t20?,23-/m0/s1. The quantitative estimate of drug-likeness (QED) is 0.381. The van der Waals surface area contributed by atoms with Crippen molar-refractivity contribution in [3.63, 3.8) is 0 Å². The normalized spacial score (nSPS) is 19.7. The zero-order chi connectivity index (χ0) is 27.8. The number of anilines is 2. The van der Waals surface area contributed by atoms with Crippen molar-refractivity contribution in [1.29, 1.82) is 0 Å². The number of nitrogens with one attached hydrogen (secondary N) is 1. The number of alkyl halides is 3. The van der Waals surface area contributed by atoms with Gasteiger partial charge in [-0.25, -0.2) is 0 Å². The number of aromatic nitrogens is 2. The molecule has 0 bridgehead atoms. The van der Waals surface area contributed by atoms with Crippen LogP contribution in [0.1, 0.15) is 30.9 Å². The fourth-order valence-electron chi connectivity index (χ4n) is 5.39. The molecule has 3 aromatic rings. The summed E-state index contributed by atoms with van der Waals surface area (Å²) in [6.45, 7) is 1.69. The Kier molecular flexibility index (Phi) is 7.30. The molecule has 0 aliphatic carbocycles. The van der Waals surface area contributed by atoms with Crippen LogP contribution in [0.15, 0.2) is 54.6 Å². The van der Waals surface area contributed by atoms with E-state index in [9.17, 15) is 23.1 Å². The molecule has 0 amide bonds. The van der Waals surface area contributed by atoms with Gasteiger partial charge in [0.05, 0.1) is 0 Å². The Balaban J connectivity index is 1.40. The van der Waals surface area contributed by atoms with Gasteiger partial charge in [0.1, 0.15) is 11.9 Å². The number of hydrogen-bond acceptors (Lipinski definition) is 7. The topological polar surface area (TPSA) is 114 Å². The van der Waals surface area contributed by atoms with E-state index in [1.807, 2.05) is 4.90 Å². The van der Waals surface area contributed by atoms with E-state index in [4.69, 9.17) is 22.1 Å². The number of carboxylic acid groups (broad SMARTS) is 1. The minimum Gasteiger partial charge on any atom is -0.480 e. The van der Waals surface area contributed by atoms with Crippen molar-refractivity contribution < 1.29 is 27.8 Å². The maximum atomic E-state index is 14.4. The monoisotopic (exact) mass is 561 g/mol. The first kappa shape index (κ1) is 27.0. The van der Waals surface area contributed by atoms with Crippen LogP contribution in [0.5, 0.6) is 5.88 Å². The van der Waals surface area contributed by atoms with E-state index in [0.717, 1.165) is 0 Å². The molecule has 1 spiro atoms. The minimum atomic E-state index is -4.77. The first-order valence-corrected chi connectivity index (χ1v) is 12.8. The summed E-state index contributed by atoms with van der Waals surface area (Å²) >= 11 is 6.14. The van der Waals surface area contributed by atoms with Gasteiger partial charge in [0, 0.05) is 36.3 Å². The number of hydrogen-bond donors (Lipinski definition) is 3. The van der Waals surface area contributed by atoms with Crippen molar-refractivity contribution in [3.05, 3.63) is 65.2 Å². The third kappa shape index (κ3) is 5.89. The Morgan fingerprint density at radius 3 is 2.51 bits per heavy atom. The highest BCUT2D eigenvalue weighted by Gasteiger charge is 2.46. The molecule has 8 nitrogen and oxygen atoms in total. The third-order valence-corrected chi connectivity index (χ3v) is 7.67. The van der Waals surface area contributed by atoms with Crippen LogP contribution in [-0.2, 0) is 4.79 Å². The van der Waals surface area contributed by atoms with Crippen molar-refractivity contribution >= 4 is 29.3 Å². The van der Waals surface area contributed by atoms with Crippen LogP contribution in [-0.4, -0.2) is 52.9 Å².